The first kappa shape index (κ1) is 25.3. The van der Waals surface area contributed by atoms with Crippen LogP contribution in [0.3, 0.4) is 0 Å². The summed E-state index contributed by atoms with van der Waals surface area (Å²) in [6.45, 7) is 11.1. The van der Waals surface area contributed by atoms with Crippen molar-refractivity contribution in [1.29, 1.82) is 0 Å². The summed E-state index contributed by atoms with van der Waals surface area (Å²) in [6, 6.07) is 36.4. The zero-order valence-corrected chi connectivity index (χ0v) is 24.1. The van der Waals surface area contributed by atoms with Crippen molar-refractivity contribution in [2.75, 3.05) is 0 Å². The SMILES string of the molecule is CC(C)c1ccc2c(n1)oc1c(-c3nc4ccccc4n3-c3ccc(C(C)(C)C)cc3-c3ccccc3)cccc12. The fraction of sp³-hybridized carbons (Fsp3) is 0.189. The van der Waals surface area contributed by atoms with E-state index in [1.54, 1.807) is 0 Å². The molecule has 3 heterocycles. The molecule has 0 spiro atoms. The van der Waals surface area contributed by atoms with Gasteiger partial charge in [0, 0.05) is 22.0 Å². The molecule has 0 fully saturated rings. The van der Waals surface area contributed by atoms with Crippen molar-refractivity contribution in [3.63, 3.8) is 0 Å². The van der Waals surface area contributed by atoms with Gasteiger partial charge in [-0.2, -0.15) is 0 Å². The van der Waals surface area contributed by atoms with Gasteiger partial charge in [0.1, 0.15) is 11.4 Å². The lowest BCUT2D eigenvalue weighted by Gasteiger charge is -2.23. The standard InChI is InChI=1S/C37H33N3O/c1-23(2)30-20-19-27-26-14-11-15-28(34(26)41-36(27)39-30)35-38-31-16-9-10-17-33(31)40(35)32-21-18-25(37(3,4)5)22-29(32)24-12-7-6-8-13-24/h6-23H,1-5H3. The molecule has 0 N–H and O–H groups in total. The predicted octanol–water partition coefficient (Wildman–Crippen LogP) is 10.1. The van der Waals surface area contributed by atoms with Crippen LogP contribution in [0.1, 0.15) is 51.8 Å². The van der Waals surface area contributed by atoms with Crippen LogP contribution in [0.15, 0.2) is 108 Å². The summed E-state index contributed by atoms with van der Waals surface area (Å²) in [5.41, 5.74) is 10.2. The largest absolute Gasteiger partial charge is 0.437 e. The molecule has 3 aromatic heterocycles. The Morgan fingerprint density at radius 3 is 2.27 bits per heavy atom. The van der Waals surface area contributed by atoms with Crippen LogP contribution in [0.2, 0.25) is 0 Å². The van der Waals surface area contributed by atoms with Crippen molar-refractivity contribution in [3.05, 3.63) is 114 Å². The van der Waals surface area contributed by atoms with E-state index in [1.807, 2.05) is 6.07 Å². The summed E-state index contributed by atoms with van der Waals surface area (Å²) in [5, 5.41) is 2.07. The van der Waals surface area contributed by atoms with E-state index in [4.69, 9.17) is 14.4 Å². The van der Waals surface area contributed by atoms with Gasteiger partial charge in [0.05, 0.1) is 22.3 Å². The van der Waals surface area contributed by atoms with Gasteiger partial charge >= 0.3 is 0 Å². The van der Waals surface area contributed by atoms with Crippen LogP contribution in [-0.2, 0) is 5.41 Å². The smallest absolute Gasteiger partial charge is 0.227 e. The number of benzene rings is 4. The number of furan rings is 1. The molecule has 7 aromatic rings. The summed E-state index contributed by atoms with van der Waals surface area (Å²) in [6.07, 6.45) is 0. The minimum absolute atomic E-state index is 0.0175. The minimum atomic E-state index is 0.0175. The third-order valence-electron chi connectivity index (χ3n) is 7.97. The van der Waals surface area contributed by atoms with Crippen LogP contribution in [-0.4, -0.2) is 14.5 Å². The zero-order chi connectivity index (χ0) is 28.3. The Balaban J connectivity index is 1.55. The van der Waals surface area contributed by atoms with Crippen LogP contribution in [0.5, 0.6) is 0 Å². The average molecular weight is 536 g/mol. The summed E-state index contributed by atoms with van der Waals surface area (Å²) in [4.78, 5) is 10.1. The van der Waals surface area contributed by atoms with Gasteiger partial charge < -0.3 is 4.42 Å². The number of hydrogen-bond acceptors (Lipinski definition) is 3. The average Bonchev–Trinajstić information content (AvgIpc) is 3.55. The molecule has 202 valence electrons. The molecule has 0 aliphatic heterocycles. The molecule has 0 aliphatic rings. The fourth-order valence-electron chi connectivity index (χ4n) is 5.69. The molecule has 4 heteroatoms. The van der Waals surface area contributed by atoms with E-state index in [2.05, 4.69) is 136 Å². The third-order valence-corrected chi connectivity index (χ3v) is 7.97. The Morgan fingerprint density at radius 2 is 1.49 bits per heavy atom. The zero-order valence-electron chi connectivity index (χ0n) is 24.1. The second kappa shape index (κ2) is 9.45. The number of para-hydroxylation sites is 3. The lowest BCUT2D eigenvalue weighted by molar-refractivity contribution is 0.590. The summed E-state index contributed by atoms with van der Waals surface area (Å²) < 4.78 is 8.82. The highest BCUT2D eigenvalue weighted by Crippen LogP contribution is 2.40. The van der Waals surface area contributed by atoms with Crippen LogP contribution >= 0.6 is 0 Å². The lowest BCUT2D eigenvalue weighted by Crippen LogP contribution is -2.12. The molecular formula is C37H33N3O. The van der Waals surface area contributed by atoms with Crippen molar-refractivity contribution >= 4 is 33.1 Å². The van der Waals surface area contributed by atoms with E-state index in [9.17, 15) is 0 Å². The van der Waals surface area contributed by atoms with Gasteiger partial charge in [0.2, 0.25) is 5.71 Å². The lowest BCUT2D eigenvalue weighted by atomic mass is 9.85. The number of hydrogen-bond donors (Lipinski definition) is 0. The Hall–Kier alpha value is -4.70. The Morgan fingerprint density at radius 1 is 0.707 bits per heavy atom. The van der Waals surface area contributed by atoms with Gasteiger partial charge in [0.15, 0.2) is 0 Å². The number of rotatable bonds is 4. The van der Waals surface area contributed by atoms with Gasteiger partial charge in [-0.1, -0.05) is 95.3 Å². The van der Waals surface area contributed by atoms with Crippen LogP contribution in [0.25, 0.3) is 61.3 Å². The molecule has 4 aromatic carbocycles. The highest BCUT2D eigenvalue weighted by molar-refractivity contribution is 6.08. The van der Waals surface area contributed by atoms with Crippen molar-refractivity contribution < 1.29 is 4.42 Å². The molecule has 0 radical (unpaired) electrons. The quantitative estimate of drug-likeness (QED) is 0.225. The van der Waals surface area contributed by atoms with E-state index in [0.29, 0.717) is 11.6 Å². The molecule has 41 heavy (non-hydrogen) atoms. The number of imidazole rings is 1. The molecule has 0 atom stereocenters. The van der Waals surface area contributed by atoms with Crippen molar-refractivity contribution in [1.82, 2.24) is 14.5 Å². The molecule has 0 saturated carbocycles. The maximum Gasteiger partial charge on any atom is 0.227 e. The number of fused-ring (bicyclic) bond motifs is 4. The summed E-state index contributed by atoms with van der Waals surface area (Å²) >= 11 is 0. The number of pyridine rings is 1. The Bertz CT molecular complexity index is 2060. The molecule has 7 rings (SSSR count). The predicted molar refractivity (Wildman–Crippen MR) is 170 cm³/mol. The molecule has 4 nitrogen and oxygen atoms in total. The molecule has 0 unspecified atom stereocenters. The summed E-state index contributed by atoms with van der Waals surface area (Å²) in [7, 11) is 0. The Kier molecular flexibility index (Phi) is 5.83. The van der Waals surface area contributed by atoms with E-state index >= 15 is 0 Å². The topological polar surface area (TPSA) is 43.9 Å². The minimum Gasteiger partial charge on any atom is -0.437 e. The van der Waals surface area contributed by atoms with Gasteiger partial charge in [-0.05, 0) is 64.9 Å². The first-order chi connectivity index (χ1) is 19.8. The molecule has 0 aliphatic carbocycles. The number of aromatic nitrogens is 3. The van der Waals surface area contributed by atoms with Gasteiger partial charge in [0.25, 0.3) is 0 Å². The van der Waals surface area contributed by atoms with E-state index in [1.165, 1.54) is 16.7 Å². The molecule has 0 amide bonds. The fourth-order valence-corrected chi connectivity index (χ4v) is 5.69. The molecule has 0 bridgehead atoms. The summed E-state index contributed by atoms with van der Waals surface area (Å²) in [5.74, 6) is 1.17. The van der Waals surface area contributed by atoms with Crippen LogP contribution < -0.4 is 0 Å². The van der Waals surface area contributed by atoms with Gasteiger partial charge in [-0.25, -0.2) is 9.97 Å². The second-order valence-corrected chi connectivity index (χ2v) is 12.1. The Labute approximate surface area is 240 Å². The van der Waals surface area contributed by atoms with Gasteiger partial charge in [-0.3, -0.25) is 4.57 Å². The first-order valence-corrected chi connectivity index (χ1v) is 14.3. The monoisotopic (exact) mass is 535 g/mol. The maximum atomic E-state index is 6.53. The van der Waals surface area contributed by atoms with E-state index in [0.717, 1.165) is 50.2 Å². The highest BCUT2D eigenvalue weighted by atomic mass is 16.3. The first-order valence-electron chi connectivity index (χ1n) is 14.3. The van der Waals surface area contributed by atoms with Crippen LogP contribution in [0, 0.1) is 0 Å². The van der Waals surface area contributed by atoms with E-state index < -0.39 is 0 Å². The maximum absolute atomic E-state index is 6.53. The van der Waals surface area contributed by atoms with Gasteiger partial charge in [-0.15, -0.1) is 0 Å². The molecule has 0 saturated heterocycles. The molecular weight excluding hydrogens is 502 g/mol. The van der Waals surface area contributed by atoms with Crippen LogP contribution in [0.4, 0.5) is 0 Å². The van der Waals surface area contributed by atoms with Crippen molar-refractivity contribution in [2.24, 2.45) is 0 Å². The number of nitrogens with zero attached hydrogens (tertiary/aromatic N) is 3. The normalized spacial score (nSPS) is 12.2. The van der Waals surface area contributed by atoms with Crippen molar-refractivity contribution in [3.8, 4) is 28.2 Å². The second-order valence-electron chi connectivity index (χ2n) is 12.1. The van der Waals surface area contributed by atoms with Crippen molar-refractivity contribution in [2.45, 2.75) is 46.0 Å². The van der Waals surface area contributed by atoms with E-state index in [-0.39, 0.29) is 5.41 Å². The third kappa shape index (κ3) is 4.22. The highest BCUT2D eigenvalue weighted by Gasteiger charge is 2.23.